The summed E-state index contributed by atoms with van der Waals surface area (Å²) >= 11 is 0. The molecule has 1 rings (SSSR count). The number of nitrogens with two attached hydrogens (primary N) is 2. The van der Waals surface area contributed by atoms with Crippen LogP contribution in [0.2, 0.25) is 0 Å². The van der Waals surface area contributed by atoms with E-state index in [1.54, 1.807) is 0 Å². The molecule has 84 valence electrons. The van der Waals surface area contributed by atoms with Gasteiger partial charge in [0.25, 0.3) is 0 Å². The first kappa shape index (κ1) is 12.0. The lowest BCUT2D eigenvalue weighted by molar-refractivity contribution is 0.334. The Morgan fingerprint density at radius 3 is 2.60 bits per heavy atom. The molecule has 0 amide bonds. The fourth-order valence-electron chi connectivity index (χ4n) is 1.52. The van der Waals surface area contributed by atoms with Crippen molar-refractivity contribution in [3.63, 3.8) is 0 Å². The topological polar surface area (TPSA) is 61.3 Å². The lowest BCUT2D eigenvalue weighted by Crippen LogP contribution is -2.21. The van der Waals surface area contributed by atoms with E-state index in [-0.39, 0.29) is 6.04 Å². The van der Waals surface area contributed by atoms with E-state index >= 15 is 0 Å². The van der Waals surface area contributed by atoms with Gasteiger partial charge in [0.05, 0.1) is 6.61 Å². The van der Waals surface area contributed by atoms with Crippen molar-refractivity contribution < 1.29 is 4.74 Å². The smallest absolute Gasteiger partial charge is 0.124 e. The Labute approximate surface area is 91.4 Å². The summed E-state index contributed by atoms with van der Waals surface area (Å²) in [5, 5.41) is 0. The average Bonchev–Trinajstić information content (AvgIpc) is 2.29. The Bertz CT molecular complexity index is 312. The molecule has 1 atom stereocenters. The van der Waals surface area contributed by atoms with Crippen LogP contribution in [0.25, 0.3) is 0 Å². The van der Waals surface area contributed by atoms with Crippen molar-refractivity contribution in [3.8, 4) is 5.75 Å². The lowest BCUT2D eigenvalue weighted by atomic mass is 10.0. The summed E-state index contributed by atoms with van der Waals surface area (Å²) in [4.78, 5) is 0. The van der Waals surface area contributed by atoms with Crippen molar-refractivity contribution >= 4 is 0 Å². The van der Waals surface area contributed by atoms with E-state index < -0.39 is 0 Å². The maximum atomic E-state index is 5.94. The highest BCUT2D eigenvalue weighted by molar-refractivity contribution is 5.39. The van der Waals surface area contributed by atoms with Gasteiger partial charge in [-0.1, -0.05) is 19.1 Å². The van der Waals surface area contributed by atoms with Gasteiger partial charge in [0.2, 0.25) is 0 Å². The fourth-order valence-corrected chi connectivity index (χ4v) is 1.52. The predicted molar refractivity (Wildman–Crippen MR) is 63.0 cm³/mol. The molecule has 1 unspecified atom stereocenters. The molecule has 0 saturated carbocycles. The van der Waals surface area contributed by atoms with Crippen LogP contribution in [0.4, 0.5) is 0 Å². The second kappa shape index (κ2) is 5.73. The normalized spacial score (nSPS) is 12.5. The molecule has 0 aromatic heterocycles. The van der Waals surface area contributed by atoms with Crippen LogP contribution < -0.4 is 16.2 Å². The van der Waals surface area contributed by atoms with Crippen LogP contribution >= 0.6 is 0 Å². The quantitative estimate of drug-likeness (QED) is 0.772. The van der Waals surface area contributed by atoms with Crippen LogP contribution in [0.1, 0.15) is 31.0 Å². The molecule has 4 N–H and O–H groups in total. The van der Waals surface area contributed by atoms with Gasteiger partial charge in [0.15, 0.2) is 0 Å². The SMILES string of the molecule is CCOc1ccc(CC)cc1C(N)CN. The highest BCUT2D eigenvalue weighted by Crippen LogP contribution is 2.25. The van der Waals surface area contributed by atoms with Crippen LogP contribution in [-0.2, 0) is 6.42 Å². The van der Waals surface area contributed by atoms with Gasteiger partial charge >= 0.3 is 0 Å². The minimum Gasteiger partial charge on any atom is -0.494 e. The van der Waals surface area contributed by atoms with E-state index in [1.165, 1.54) is 5.56 Å². The summed E-state index contributed by atoms with van der Waals surface area (Å²) in [5.74, 6) is 0.854. The summed E-state index contributed by atoms with van der Waals surface area (Å²) in [5.41, 5.74) is 13.8. The number of ether oxygens (including phenoxy) is 1. The zero-order chi connectivity index (χ0) is 11.3. The van der Waals surface area contributed by atoms with Gasteiger partial charge in [-0.15, -0.1) is 0 Å². The Kier molecular flexibility index (Phi) is 4.59. The summed E-state index contributed by atoms with van der Waals surface area (Å²) < 4.78 is 5.52. The molecule has 0 spiro atoms. The van der Waals surface area contributed by atoms with Gasteiger partial charge in [0, 0.05) is 18.2 Å². The molecule has 0 radical (unpaired) electrons. The Balaban J connectivity index is 3.04. The summed E-state index contributed by atoms with van der Waals surface area (Å²) in [7, 11) is 0. The second-order valence-electron chi connectivity index (χ2n) is 3.50. The molecule has 0 aliphatic carbocycles. The van der Waals surface area contributed by atoms with E-state index in [2.05, 4.69) is 19.1 Å². The molecular weight excluding hydrogens is 188 g/mol. The maximum absolute atomic E-state index is 5.94. The summed E-state index contributed by atoms with van der Waals surface area (Å²) in [6, 6.07) is 5.99. The minimum absolute atomic E-state index is 0.141. The van der Waals surface area contributed by atoms with Crippen LogP contribution in [0.3, 0.4) is 0 Å². The van der Waals surface area contributed by atoms with Gasteiger partial charge in [-0.2, -0.15) is 0 Å². The van der Waals surface area contributed by atoms with Crippen LogP contribution in [0.15, 0.2) is 18.2 Å². The second-order valence-corrected chi connectivity index (χ2v) is 3.50. The average molecular weight is 208 g/mol. The molecule has 3 heteroatoms. The zero-order valence-corrected chi connectivity index (χ0v) is 9.49. The Morgan fingerprint density at radius 2 is 2.07 bits per heavy atom. The first-order valence-electron chi connectivity index (χ1n) is 5.44. The van der Waals surface area contributed by atoms with Crippen LogP contribution in [0.5, 0.6) is 5.75 Å². The third kappa shape index (κ3) is 2.94. The molecule has 0 saturated heterocycles. The van der Waals surface area contributed by atoms with E-state index in [1.807, 2.05) is 13.0 Å². The molecule has 0 bridgehead atoms. The monoisotopic (exact) mass is 208 g/mol. The molecule has 1 aromatic rings. The van der Waals surface area contributed by atoms with Crippen molar-refractivity contribution in [2.24, 2.45) is 11.5 Å². The van der Waals surface area contributed by atoms with Crippen LogP contribution in [0, 0.1) is 0 Å². The lowest BCUT2D eigenvalue weighted by Gasteiger charge is -2.16. The third-order valence-electron chi connectivity index (χ3n) is 2.44. The standard InChI is InChI=1S/C12H20N2O/c1-3-9-5-6-12(15-4-2)10(7-9)11(14)8-13/h5-7,11H,3-4,8,13-14H2,1-2H3. The highest BCUT2D eigenvalue weighted by atomic mass is 16.5. The fraction of sp³-hybridized carbons (Fsp3) is 0.500. The van der Waals surface area contributed by atoms with Gasteiger partial charge in [-0.3, -0.25) is 0 Å². The highest BCUT2D eigenvalue weighted by Gasteiger charge is 2.11. The van der Waals surface area contributed by atoms with E-state index in [0.717, 1.165) is 17.7 Å². The molecule has 0 aliphatic heterocycles. The van der Waals surface area contributed by atoms with Gasteiger partial charge < -0.3 is 16.2 Å². The van der Waals surface area contributed by atoms with Gasteiger partial charge in [0.1, 0.15) is 5.75 Å². The molecular formula is C12H20N2O. The Morgan fingerprint density at radius 1 is 1.33 bits per heavy atom. The number of aryl methyl sites for hydroxylation is 1. The zero-order valence-electron chi connectivity index (χ0n) is 9.49. The number of hydrogen-bond donors (Lipinski definition) is 2. The van der Waals surface area contributed by atoms with Gasteiger partial charge in [-0.25, -0.2) is 0 Å². The number of rotatable bonds is 5. The van der Waals surface area contributed by atoms with Crippen LogP contribution in [-0.4, -0.2) is 13.2 Å². The first-order chi connectivity index (χ1) is 7.22. The molecule has 1 aromatic carbocycles. The Hall–Kier alpha value is -1.06. The van der Waals surface area contributed by atoms with Crippen molar-refractivity contribution in [2.75, 3.05) is 13.2 Å². The van der Waals surface area contributed by atoms with E-state index in [0.29, 0.717) is 13.2 Å². The third-order valence-corrected chi connectivity index (χ3v) is 2.44. The van der Waals surface area contributed by atoms with Gasteiger partial charge in [-0.05, 0) is 25.0 Å². The largest absolute Gasteiger partial charge is 0.494 e. The van der Waals surface area contributed by atoms with E-state index in [4.69, 9.17) is 16.2 Å². The van der Waals surface area contributed by atoms with Crippen molar-refractivity contribution in [2.45, 2.75) is 26.3 Å². The van der Waals surface area contributed by atoms with Crippen molar-refractivity contribution in [1.29, 1.82) is 0 Å². The molecule has 0 heterocycles. The summed E-state index contributed by atoms with van der Waals surface area (Å²) in [6.45, 7) is 5.17. The molecule has 3 nitrogen and oxygen atoms in total. The van der Waals surface area contributed by atoms with E-state index in [9.17, 15) is 0 Å². The molecule has 0 fully saturated rings. The van der Waals surface area contributed by atoms with Crippen molar-refractivity contribution in [1.82, 2.24) is 0 Å². The predicted octanol–water partition coefficient (Wildman–Crippen LogP) is 1.61. The number of benzene rings is 1. The van der Waals surface area contributed by atoms with Crippen molar-refractivity contribution in [3.05, 3.63) is 29.3 Å². The number of hydrogen-bond acceptors (Lipinski definition) is 3. The summed E-state index contributed by atoms with van der Waals surface area (Å²) in [6.07, 6.45) is 0.997. The first-order valence-corrected chi connectivity index (χ1v) is 5.44. The minimum atomic E-state index is -0.141. The maximum Gasteiger partial charge on any atom is 0.124 e. The molecule has 0 aliphatic rings. The molecule has 15 heavy (non-hydrogen) atoms.